The summed E-state index contributed by atoms with van der Waals surface area (Å²) in [6, 6.07) is 54.9. The monoisotopic (exact) mass is 638 g/mol. The van der Waals surface area contributed by atoms with Gasteiger partial charge in [0.25, 0.3) is 0 Å². The molecule has 0 bridgehead atoms. The average molecular weight is 639 g/mol. The van der Waals surface area contributed by atoms with E-state index in [1.165, 1.54) is 38.1 Å². The molecular formula is C45H26N4O. The van der Waals surface area contributed by atoms with Crippen LogP contribution in [0.3, 0.4) is 0 Å². The minimum absolute atomic E-state index is 0.610. The molecule has 4 heterocycles. The minimum atomic E-state index is 0.610. The van der Waals surface area contributed by atoms with Crippen molar-refractivity contribution < 1.29 is 4.42 Å². The maximum absolute atomic E-state index is 6.60. The predicted molar refractivity (Wildman–Crippen MR) is 204 cm³/mol. The van der Waals surface area contributed by atoms with E-state index in [4.69, 9.17) is 19.4 Å². The van der Waals surface area contributed by atoms with E-state index >= 15 is 0 Å². The fourth-order valence-electron chi connectivity index (χ4n) is 7.74. The minimum Gasteiger partial charge on any atom is -0.456 e. The van der Waals surface area contributed by atoms with Gasteiger partial charge in [-0.05, 0) is 53.6 Å². The Balaban J connectivity index is 1.11. The lowest BCUT2D eigenvalue weighted by molar-refractivity contribution is 0.669. The first kappa shape index (κ1) is 27.1. The summed E-state index contributed by atoms with van der Waals surface area (Å²) in [5.74, 6) is 1.87. The summed E-state index contributed by atoms with van der Waals surface area (Å²) >= 11 is 0. The molecule has 0 N–H and O–H groups in total. The second-order valence-corrected chi connectivity index (χ2v) is 12.8. The number of nitrogens with zero attached hydrogens (tertiary/aromatic N) is 4. The van der Waals surface area contributed by atoms with Gasteiger partial charge in [-0.25, -0.2) is 15.0 Å². The molecule has 0 aliphatic rings. The number of furan rings is 1. The summed E-state index contributed by atoms with van der Waals surface area (Å²) in [4.78, 5) is 14.9. The Kier molecular flexibility index (Phi) is 5.60. The Bertz CT molecular complexity index is 2950. The number of fused-ring (bicyclic) bond motifs is 9. The smallest absolute Gasteiger partial charge is 0.164 e. The summed E-state index contributed by atoms with van der Waals surface area (Å²) in [7, 11) is 0. The third kappa shape index (κ3) is 3.92. The van der Waals surface area contributed by atoms with Gasteiger partial charge in [-0.2, -0.15) is 0 Å². The van der Waals surface area contributed by atoms with Crippen LogP contribution in [-0.2, 0) is 0 Å². The number of hydrogen-bond donors (Lipinski definition) is 0. The van der Waals surface area contributed by atoms with E-state index in [2.05, 4.69) is 89.3 Å². The zero-order valence-electron chi connectivity index (χ0n) is 26.7. The fourth-order valence-corrected chi connectivity index (χ4v) is 7.74. The highest BCUT2D eigenvalue weighted by atomic mass is 16.3. The summed E-state index contributed by atoms with van der Waals surface area (Å²) in [5.41, 5.74) is 10.4. The van der Waals surface area contributed by atoms with Gasteiger partial charge in [0, 0.05) is 49.0 Å². The Morgan fingerprint density at radius 1 is 0.380 bits per heavy atom. The highest BCUT2D eigenvalue weighted by molar-refractivity contribution is 6.24. The molecule has 0 amide bonds. The lowest BCUT2D eigenvalue weighted by Gasteiger charge is -2.09. The van der Waals surface area contributed by atoms with E-state index in [1.54, 1.807) is 0 Å². The molecule has 0 aliphatic heterocycles. The number of para-hydroxylation sites is 2. The van der Waals surface area contributed by atoms with Crippen molar-refractivity contribution in [3.8, 4) is 45.3 Å². The van der Waals surface area contributed by atoms with Crippen molar-refractivity contribution >= 4 is 60.0 Å². The molecule has 0 radical (unpaired) electrons. The van der Waals surface area contributed by atoms with Gasteiger partial charge < -0.3 is 8.82 Å². The van der Waals surface area contributed by atoms with Crippen molar-refractivity contribution in [3.05, 3.63) is 158 Å². The fraction of sp³-hybridized carbons (Fsp3) is 0. The Labute approximate surface area is 286 Å². The molecule has 0 saturated heterocycles. The van der Waals surface area contributed by atoms with Gasteiger partial charge >= 0.3 is 0 Å². The molecule has 11 rings (SSSR count). The van der Waals surface area contributed by atoms with E-state index in [9.17, 15) is 0 Å². The van der Waals surface area contributed by atoms with Crippen LogP contribution in [0.2, 0.25) is 0 Å². The van der Waals surface area contributed by atoms with Crippen LogP contribution in [0.15, 0.2) is 162 Å². The summed E-state index contributed by atoms with van der Waals surface area (Å²) in [6.45, 7) is 0. The van der Waals surface area contributed by atoms with Crippen molar-refractivity contribution in [1.29, 1.82) is 0 Å². The third-order valence-electron chi connectivity index (χ3n) is 9.97. The first-order valence-corrected chi connectivity index (χ1v) is 16.8. The Morgan fingerprint density at radius 2 is 0.960 bits per heavy atom. The van der Waals surface area contributed by atoms with Crippen LogP contribution in [0.5, 0.6) is 0 Å². The average Bonchev–Trinajstić information content (AvgIpc) is 3.85. The molecule has 0 aliphatic carbocycles. The predicted octanol–water partition coefficient (Wildman–Crippen LogP) is 11.6. The molecule has 5 nitrogen and oxygen atoms in total. The Morgan fingerprint density at radius 3 is 1.60 bits per heavy atom. The lowest BCUT2D eigenvalue weighted by atomic mass is 9.98. The van der Waals surface area contributed by atoms with Gasteiger partial charge in [0.05, 0.1) is 16.6 Å². The maximum Gasteiger partial charge on any atom is 0.164 e. The third-order valence-corrected chi connectivity index (χ3v) is 9.97. The van der Waals surface area contributed by atoms with E-state index < -0.39 is 0 Å². The molecule has 0 spiro atoms. The van der Waals surface area contributed by atoms with Crippen LogP contribution in [0, 0.1) is 0 Å². The number of rotatable bonds is 4. The molecule has 0 unspecified atom stereocenters. The molecule has 0 atom stereocenters. The van der Waals surface area contributed by atoms with Crippen LogP contribution in [-0.4, -0.2) is 19.4 Å². The lowest BCUT2D eigenvalue weighted by Crippen LogP contribution is -2.00. The van der Waals surface area contributed by atoms with Gasteiger partial charge in [0.2, 0.25) is 0 Å². The first-order valence-electron chi connectivity index (χ1n) is 16.8. The highest BCUT2D eigenvalue weighted by Gasteiger charge is 2.21. The zero-order chi connectivity index (χ0) is 32.8. The zero-order valence-corrected chi connectivity index (χ0v) is 26.7. The van der Waals surface area contributed by atoms with Crippen LogP contribution in [0.4, 0.5) is 0 Å². The molecule has 0 fully saturated rings. The van der Waals surface area contributed by atoms with Gasteiger partial charge in [-0.15, -0.1) is 0 Å². The number of aromatic nitrogens is 4. The first-order chi connectivity index (χ1) is 24.8. The van der Waals surface area contributed by atoms with Gasteiger partial charge in [-0.1, -0.05) is 115 Å². The van der Waals surface area contributed by atoms with Crippen molar-refractivity contribution in [1.82, 2.24) is 19.4 Å². The molecule has 4 aromatic heterocycles. The highest BCUT2D eigenvalue weighted by Crippen LogP contribution is 2.43. The molecular weight excluding hydrogens is 613 g/mol. The topological polar surface area (TPSA) is 56.2 Å². The molecule has 0 saturated carbocycles. The molecule has 11 aromatic rings. The van der Waals surface area contributed by atoms with Gasteiger partial charge in [-0.3, -0.25) is 0 Å². The van der Waals surface area contributed by atoms with E-state index in [-0.39, 0.29) is 0 Å². The second kappa shape index (κ2) is 10.3. The van der Waals surface area contributed by atoms with E-state index in [1.807, 2.05) is 72.8 Å². The van der Waals surface area contributed by atoms with Crippen LogP contribution < -0.4 is 0 Å². The van der Waals surface area contributed by atoms with E-state index in [0.717, 1.165) is 49.8 Å². The van der Waals surface area contributed by atoms with E-state index in [0.29, 0.717) is 17.5 Å². The normalized spacial score (nSPS) is 12.0. The van der Waals surface area contributed by atoms with Crippen molar-refractivity contribution in [2.75, 3.05) is 0 Å². The Hall–Kier alpha value is -6.85. The van der Waals surface area contributed by atoms with Crippen molar-refractivity contribution in [2.24, 2.45) is 0 Å². The van der Waals surface area contributed by atoms with Crippen LogP contribution in [0.1, 0.15) is 0 Å². The van der Waals surface area contributed by atoms with Crippen molar-refractivity contribution in [2.45, 2.75) is 0 Å². The molecule has 232 valence electrons. The summed E-state index contributed by atoms with van der Waals surface area (Å²) in [6.07, 6.45) is 0. The quantitative estimate of drug-likeness (QED) is 0.192. The molecule has 50 heavy (non-hydrogen) atoms. The van der Waals surface area contributed by atoms with Crippen LogP contribution in [0.25, 0.3) is 105 Å². The van der Waals surface area contributed by atoms with Gasteiger partial charge in [0.15, 0.2) is 17.5 Å². The second-order valence-electron chi connectivity index (χ2n) is 12.8. The maximum atomic E-state index is 6.60. The summed E-state index contributed by atoms with van der Waals surface area (Å²) in [5, 5.41) is 7.05. The molecule has 7 aromatic carbocycles. The standard InChI is InChI=1S/C45H26N4O/c1-3-12-27(13-4-1)43-46-44(28-14-5-2-6-15-28)48-45(47-43)34-18-11-21-39-41(34)33-23-22-29(26-40(33)50-39)30-24-35-31-16-7-9-19-37(31)49-38-20-10-8-17-32(38)36(25-30)42(35)49/h1-26H. The number of benzene rings is 7. The molecule has 5 heteroatoms. The van der Waals surface area contributed by atoms with Crippen LogP contribution >= 0.6 is 0 Å². The number of hydrogen-bond acceptors (Lipinski definition) is 4. The SMILES string of the molecule is c1ccc(-c2nc(-c3ccccc3)nc(-c3cccc4oc5cc(-c6cc7c8ccccc8n8c9ccccc9c(c6)c78)ccc5c34)n2)cc1. The van der Waals surface area contributed by atoms with Gasteiger partial charge in [0.1, 0.15) is 11.2 Å². The summed E-state index contributed by atoms with van der Waals surface area (Å²) < 4.78 is 9.01. The van der Waals surface area contributed by atoms with Crippen molar-refractivity contribution in [3.63, 3.8) is 0 Å². The largest absolute Gasteiger partial charge is 0.456 e.